The molecule has 0 saturated heterocycles. The van der Waals surface area contributed by atoms with Crippen molar-refractivity contribution in [1.29, 1.82) is 0 Å². The number of rotatable bonds is 2. The normalized spacial score (nSPS) is 11.8. The fourth-order valence-corrected chi connectivity index (χ4v) is 1.90. The van der Waals surface area contributed by atoms with Gasteiger partial charge in [0.2, 0.25) is 0 Å². The largest absolute Gasteiger partial charge is 0.416 e. The molecule has 0 saturated carbocycles. The summed E-state index contributed by atoms with van der Waals surface area (Å²) in [6.07, 6.45) is -2.94. The van der Waals surface area contributed by atoms with Crippen LogP contribution in [-0.2, 0) is 6.18 Å². The molecule has 21 heavy (non-hydrogen) atoms. The van der Waals surface area contributed by atoms with E-state index < -0.39 is 11.7 Å². The summed E-state index contributed by atoms with van der Waals surface area (Å²) in [5.41, 5.74) is -0.144. The summed E-state index contributed by atoms with van der Waals surface area (Å²) in [7, 11) is 0. The number of hydrogen-bond acceptors (Lipinski definition) is 4. The minimum atomic E-state index is -4.42. The Morgan fingerprint density at radius 1 is 1.14 bits per heavy atom. The number of alkyl halides is 3. The fraction of sp³-hybridized carbons (Fsp3) is 0.0769. The maximum Gasteiger partial charge on any atom is 0.416 e. The van der Waals surface area contributed by atoms with Crippen LogP contribution in [0.4, 0.5) is 24.7 Å². The number of nitrogens with one attached hydrogen (secondary N) is 1. The van der Waals surface area contributed by atoms with Crippen LogP contribution in [0.15, 0.2) is 41.1 Å². The quantitative estimate of drug-likeness (QED) is 0.700. The van der Waals surface area contributed by atoms with Crippen LogP contribution in [0.25, 0.3) is 11.0 Å². The van der Waals surface area contributed by atoms with E-state index in [1.165, 1.54) is 12.3 Å². The maximum absolute atomic E-state index is 12.6. The smallest absolute Gasteiger partial charge is 0.354 e. The molecule has 0 spiro atoms. The first-order chi connectivity index (χ1) is 9.93. The minimum Gasteiger partial charge on any atom is -0.354 e. The Morgan fingerprint density at radius 3 is 2.62 bits per heavy atom. The van der Waals surface area contributed by atoms with Crippen LogP contribution in [0.5, 0.6) is 0 Å². The summed E-state index contributed by atoms with van der Waals surface area (Å²) in [6.45, 7) is 0. The molecule has 3 rings (SSSR count). The van der Waals surface area contributed by atoms with Crippen molar-refractivity contribution in [3.8, 4) is 0 Å². The number of anilines is 2. The van der Waals surface area contributed by atoms with Gasteiger partial charge in [0.25, 0.3) is 0 Å². The number of halogens is 4. The maximum atomic E-state index is 12.6. The Morgan fingerprint density at radius 2 is 1.95 bits per heavy atom. The van der Waals surface area contributed by atoms with Crippen LogP contribution in [0, 0.1) is 0 Å². The van der Waals surface area contributed by atoms with Gasteiger partial charge in [-0.15, -0.1) is 0 Å². The predicted molar refractivity (Wildman–Crippen MR) is 71.5 cm³/mol. The van der Waals surface area contributed by atoms with Crippen molar-refractivity contribution in [2.75, 3.05) is 5.32 Å². The molecule has 3 aromatic rings. The predicted octanol–water partition coefficient (Wildman–Crippen LogP) is 4.64. The second-order valence-electron chi connectivity index (χ2n) is 4.23. The van der Waals surface area contributed by atoms with Crippen LogP contribution >= 0.6 is 11.6 Å². The van der Waals surface area contributed by atoms with Crippen molar-refractivity contribution in [3.63, 3.8) is 0 Å². The molecular weight excluding hydrogens is 307 g/mol. The molecule has 108 valence electrons. The van der Waals surface area contributed by atoms with E-state index in [0.29, 0.717) is 22.0 Å². The molecule has 4 nitrogen and oxygen atoms in total. The summed E-state index contributed by atoms with van der Waals surface area (Å²) in [5, 5.41) is 7.40. The van der Waals surface area contributed by atoms with E-state index in [1.54, 1.807) is 12.1 Å². The molecular formula is C13H7ClF3N3O. The Balaban J connectivity index is 1.95. The molecule has 0 amide bonds. The van der Waals surface area contributed by atoms with E-state index in [1.807, 2.05) is 0 Å². The van der Waals surface area contributed by atoms with Gasteiger partial charge >= 0.3 is 6.18 Å². The van der Waals surface area contributed by atoms with Gasteiger partial charge in [0.15, 0.2) is 11.4 Å². The van der Waals surface area contributed by atoms with Gasteiger partial charge in [-0.05, 0) is 30.3 Å². The Kier molecular flexibility index (Phi) is 3.21. The number of aromatic nitrogens is 2. The zero-order valence-corrected chi connectivity index (χ0v) is 11.0. The summed E-state index contributed by atoms with van der Waals surface area (Å²) in [4.78, 5) is 3.88. The van der Waals surface area contributed by atoms with E-state index in [2.05, 4.69) is 15.5 Å². The molecule has 0 aliphatic rings. The molecule has 8 heteroatoms. The van der Waals surface area contributed by atoms with Gasteiger partial charge in [0, 0.05) is 0 Å². The first kappa shape index (κ1) is 13.7. The number of hydrogen-bond donors (Lipinski definition) is 1. The molecule has 0 aliphatic carbocycles. The number of pyridine rings is 1. The van der Waals surface area contributed by atoms with E-state index >= 15 is 0 Å². The number of fused-ring (bicyclic) bond motifs is 1. The van der Waals surface area contributed by atoms with E-state index in [9.17, 15) is 13.2 Å². The third-order valence-electron chi connectivity index (χ3n) is 2.79. The van der Waals surface area contributed by atoms with Gasteiger partial charge in [-0.1, -0.05) is 16.8 Å². The summed E-state index contributed by atoms with van der Waals surface area (Å²) < 4.78 is 42.7. The van der Waals surface area contributed by atoms with E-state index in [0.717, 1.165) is 12.1 Å². The summed E-state index contributed by atoms with van der Waals surface area (Å²) in [5.74, 6) is 0.308. The lowest BCUT2D eigenvalue weighted by Crippen LogP contribution is -2.03. The van der Waals surface area contributed by atoms with E-state index in [-0.39, 0.29) is 5.58 Å². The highest BCUT2D eigenvalue weighted by molar-refractivity contribution is 6.29. The van der Waals surface area contributed by atoms with Crippen LogP contribution in [0.1, 0.15) is 5.56 Å². The molecule has 0 unspecified atom stereocenters. The summed E-state index contributed by atoms with van der Waals surface area (Å²) in [6, 6.07) is 6.44. The second-order valence-corrected chi connectivity index (χ2v) is 4.62. The minimum absolute atomic E-state index is 0.0502. The first-order valence-corrected chi connectivity index (χ1v) is 6.16. The van der Waals surface area contributed by atoms with Gasteiger partial charge in [-0.2, -0.15) is 13.2 Å². The third-order valence-corrected chi connectivity index (χ3v) is 3.01. The summed E-state index contributed by atoms with van der Waals surface area (Å²) >= 11 is 5.67. The van der Waals surface area contributed by atoms with Gasteiger partial charge in [-0.25, -0.2) is 4.98 Å². The Labute approximate surface area is 121 Å². The highest BCUT2D eigenvalue weighted by Gasteiger charge is 2.31. The number of benzene rings is 1. The second kappa shape index (κ2) is 4.92. The van der Waals surface area contributed by atoms with Gasteiger partial charge in [0.05, 0.1) is 22.8 Å². The van der Waals surface area contributed by atoms with Crippen LogP contribution in [-0.4, -0.2) is 10.1 Å². The highest BCUT2D eigenvalue weighted by Crippen LogP contribution is 2.33. The van der Waals surface area contributed by atoms with Crippen molar-refractivity contribution in [1.82, 2.24) is 10.1 Å². The standard InChI is InChI=1S/C13H7ClF3N3O/c14-11-4-2-8(6-18-11)19-12-9-3-1-7(13(15,16)17)5-10(9)21-20-12/h1-6H,(H,19,20). The van der Waals surface area contributed by atoms with Crippen LogP contribution in [0.2, 0.25) is 5.15 Å². The molecule has 1 aromatic carbocycles. The lowest BCUT2D eigenvalue weighted by molar-refractivity contribution is -0.137. The molecule has 0 atom stereocenters. The molecule has 2 heterocycles. The lowest BCUT2D eigenvalue weighted by Gasteiger charge is -2.05. The van der Waals surface area contributed by atoms with Crippen molar-refractivity contribution in [3.05, 3.63) is 47.2 Å². The van der Waals surface area contributed by atoms with Gasteiger partial charge in [-0.3, -0.25) is 0 Å². The highest BCUT2D eigenvalue weighted by atomic mass is 35.5. The lowest BCUT2D eigenvalue weighted by atomic mass is 10.1. The topological polar surface area (TPSA) is 51.0 Å². The Bertz CT molecular complexity index is 783. The zero-order chi connectivity index (χ0) is 15.0. The average Bonchev–Trinajstić information content (AvgIpc) is 2.83. The Hall–Kier alpha value is -2.28. The average molecular weight is 314 g/mol. The van der Waals surface area contributed by atoms with Crippen LogP contribution in [0.3, 0.4) is 0 Å². The molecule has 0 bridgehead atoms. The number of nitrogens with zero attached hydrogens (tertiary/aromatic N) is 2. The van der Waals surface area contributed by atoms with Crippen molar-refractivity contribution < 1.29 is 17.7 Å². The monoisotopic (exact) mass is 313 g/mol. The van der Waals surface area contributed by atoms with Gasteiger partial charge < -0.3 is 9.84 Å². The third kappa shape index (κ3) is 2.78. The molecule has 0 radical (unpaired) electrons. The van der Waals surface area contributed by atoms with Crippen LogP contribution < -0.4 is 5.32 Å². The van der Waals surface area contributed by atoms with Crippen molar-refractivity contribution >= 4 is 34.1 Å². The van der Waals surface area contributed by atoms with Gasteiger partial charge in [0.1, 0.15) is 5.15 Å². The molecule has 2 aromatic heterocycles. The molecule has 0 fully saturated rings. The fourth-order valence-electron chi connectivity index (χ4n) is 1.79. The van der Waals surface area contributed by atoms with Crippen molar-refractivity contribution in [2.24, 2.45) is 0 Å². The molecule has 1 N–H and O–H groups in total. The first-order valence-electron chi connectivity index (χ1n) is 5.79. The molecule has 0 aliphatic heterocycles. The van der Waals surface area contributed by atoms with E-state index in [4.69, 9.17) is 16.1 Å². The van der Waals surface area contributed by atoms with Crippen molar-refractivity contribution in [2.45, 2.75) is 6.18 Å². The SMILES string of the molecule is FC(F)(F)c1ccc2c(Nc3ccc(Cl)nc3)noc2c1. The zero-order valence-electron chi connectivity index (χ0n) is 10.3.